The molecule has 1 spiro atoms. The summed E-state index contributed by atoms with van der Waals surface area (Å²) >= 11 is 6.96. The summed E-state index contributed by atoms with van der Waals surface area (Å²) in [6.45, 7) is 0. The Morgan fingerprint density at radius 2 is 1.93 bits per heavy atom. The van der Waals surface area contributed by atoms with Gasteiger partial charge in [-0.3, -0.25) is 9.59 Å². The number of anilines is 1. The third-order valence-corrected chi connectivity index (χ3v) is 6.49. The van der Waals surface area contributed by atoms with Gasteiger partial charge in [0.15, 0.2) is 0 Å². The number of nitrogens with zero attached hydrogens (tertiary/aromatic N) is 2. The second kappa shape index (κ2) is 8.68. The topological polar surface area (TPSA) is 106 Å². The number of nitrogens with one attached hydrogen (secondary N) is 2. The molecule has 2 N–H and O–H groups in total. The van der Waals surface area contributed by atoms with E-state index in [9.17, 15) is 20.1 Å². The molecule has 2 aliphatic rings. The number of amides is 2. The number of allylic oxidation sites excluding steroid dienone is 1. The van der Waals surface area contributed by atoms with Gasteiger partial charge in [0.25, 0.3) is 0 Å². The molecule has 2 amide bonds. The average molecular weight is 415 g/mol. The number of hydrogen-bond acceptors (Lipinski definition) is 5. The molecular formula is C20H19ClN4O2S. The molecule has 28 heavy (non-hydrogen) atoms. The van der Waals surface area contributed by atoms with Gasteiger partial charge in [0.2, 0.25) is 11.8 Å². The fourth-order valence-electron chi connectivity index (χ4n) is 3.91. The van der Waals surface area contributed by atoms with Crippen LogP contribution in [-0.2, 0) is 9.59 Å². The molecule has 1 aliphatic heterocycles. The molecule has 1 atom stereocenters. The zero-order chi connectivity index (χ0) is 20.1. The molecule has 6 nitrogen and oxygen atoms in total. The van der Waals surface area contributed by atoms with Crippen LogP contribution in [0, 0.1) is 34.0 Å². The largest absolute Gasteiger partial charge is 0.325 e. The van der Waals surface area contributed by atoms with E-state index in [4.69, 9.17) is 11.6 Å². The highest BCUT2D eigenvalue weighted by Crippen LogP contribution is 2.51. The lowest BCUT2D eigenvalue weighted by atomic mass is 9.61. The molecule has 0 aromatic heterocycles. The fourth-order valence-corrected chi connectivity index (χ4v) is 4.95. The lowest BCUT2D eigenvalue weighted by Gasteiger charge is -2.43. The van der Waals surface area contributed by atoms with Crippen molar-refractivity contribution in [3.8, 4) is 12.1 Å². The molecular weight excluding hydrogens is 396 g/mol. The molecule has 144 valence electrons. The summed E-state index contributed by atoms with van der Waals surface area (Å²) in [6.07, 6.45) is 4.08. The van der Waals surface area contributed by atoms with Gasteiger partial charge < -0.3 is 10.6 Å². The van der Waals surface area contributed by atoms with Gasteiger partial charge in [-0.05, 0) is 37.1 Å². The molecule has 1 heterocycles. The minimum Gasteiger partial charge on any atom is -0.325 e. The Bertz CT molecular complexity index is 892. The Morgan fingerprint density at radius 1 is 1.25 bits per heavy atom. The van der Waals surface area contributed by atoms with Gasteiger partial charge in [-0.1, -0.05) is 42.6 Å². The van der Waals surface area contributed by atoms with Gasteiger partial charge in [0, 0.05) is 16.1 Å². The lowest BCUT2D eigenvalue weighted by Crippen LogP contribution is -2.48. The van der Waals surface area contributed by atoms with Crippen molar-refractivity contribution in [3.05, 3.63) is 39.9 Å². The van der Waals surface area contributed by atoms with Crippen molar-refractivity contribution in [2.45, 2.75) is 32.1 Å². The molecule has 1 aliphatic carbocycles. The van der Waals surface area contributed by atoms with Crippen molar-refractivity contribution in [1.29, 1.82) is 10.5 Å². The molecule has 0 saturated heterocycles. The highest BCUT2D eigenvalue weighted by atomic mass is 35.5. The molecule has 1 aromatic carbocycles. The number of rotatable bonds is 4. The third-order valence-electron chi connectivity index (χ3n) is 5.24. The Kier molecular flexibility index (Phi) is 6.28. The lowest BCUT2D eigenvalue weighted by molar-refractivity contribution is -0.126. The summed E-state index contributed by atoms with van der Waals surface area (Å²) in [6, 6.07) is 11.1. The van der Waals surface area contributed by atoms with Crippen LogP contribution >= 0.6 is 23.4 Å². The average Bonchev–Trinajstić information content (AvgIpc) is 2.69. The molecule has 1 aromatic rings. The second-order valence-corrected chi connectivity index (χ2v) is 8.35. The van der Waals surface area contributed by atoms with Crippen molar-refractivity contribution in [2.24, 2.45) is 11.3 Å². The van der Waals surface area contributed by atoms with Crippen LogP contribution in [0.2, 0.25) is 5.02 Å². The number of thioether (sulfide) groups is 1. The highest BCUT2D eigenvalue weighted by Gasteiger charge is 2.51. The Balaban J connectivity index is 1.78. The number of nitriles is 2. The van der Waals surface area contributed by atoms with E-state index < -0.39 is 11.3 Å². The molecule has 0 bridgehead atoms. The van der Waals surface area contributed by atoms with Gasteiger partial charge in [0.05, 0.1) is 28.5 Å². The van der Waals surface area contributed by atoms with E-state index in [1.165, 1.54) is 0 Å². The number of hydrogen-bond donors (Lipinski definition) is 2. The van der Waals surface area contributed by atoms with Crippen LogP contribution in [0.3, 0.4) is 0 Å². The van der Waals surface area contributed by atoms with Crippen molar-refractivity contribution >= 4 is 40.9 Å². The summed E-state index contributed by atoms with van der Waals surface area (Å²) in [5.74, 6) is -1.47. The summed E-state index contributed by atoms with van der Waals surface area (Å²) < 4.78 is 0. The first kappa shape index (κ1) is 20.3. The molecule has 1 fully saturated rings. The van der Waals surface area contributed by atoms with Crippen LogP contribution in [0.5, 0.6) is 0 Å². The molecule has 1 saturated carbocycles. The zero-order valence-corrected chi connectivity index (χ0v) is 16.7. The first-order valence-electron chi connectivity index (χ1n) is 9.04. The van der Waals surface area contributed by atoms with Crippen molar-refractivity contribution in [2.75, 3.05) is 11.1 Å². The quantitative estimate of drug-likeness (QED) is 0.775. The third kappa shape index (κ3) is 4.01. The van der Waals surface area contributed by atoms with Crippen LogP contribution in [0.1, 0.15) is 32.1 Å². The first-order valence-corrected chi connectivity index (χ1v) is 10.4. The zero-order valence-electron chi connectivity index (χ0n) is 15.1. The second-order valence-electron chi connectivity index (χ2n) is 6.93. The fraction of sp³-hybridized carbons (Fsp3) is 0.400. The van der Waals surface area contributed by atoms with Crippen LogP contribution in [0.15, 0.2) is 34.9 Å². The van der Waals surface area contributed by atoms with Gasteiger partial charge in [-0.2, -0.15) is 10.5 Å². The summed E-state index contributed by atoms with van der Waals surface area (Å²) in [4.78, 5) is 24.8. The van der Waals surface area contributed by atoms with E-state index in [0.29, 0.717) is 34.2 Å². The SMILES string of the molecule is N#CC1=C(SCC(=O)Nc2ccc(Cl)cc2)NC(=O)[C@@H](C#N)C12CCCCC2. The van der Waals surface area contributed by atoms with Crippen molar-refractivity contribution in [3.63, 3.8) is 0 Å². The maximum absolute atomic E-state index is 12.5. The Morgan fingerprint density at radius 3 is 2.54 bits per heavy atom. The number of carbonyl (C=O) groups is 2. The number of benzene rings is 1. The standard InChI is InChI=1S/C20H19ClN4O2S/c21-13-4-6-14(7-5-13)24-17(26)12-28-19-16(11-23)20(8-2-1-3-9-20)15(10-22)18(27)25-19/h4-7,15H,1-3,8-9,12H2,(H,24,26)(H,25,27)/t15-/m1/s1. The summed E-state index contributed by atoms with van der Waals surface area (Å²) in [7, 11) is 0. The number of carbonyl (C=O) groups excluding carboxylic acids is 2. The van der Waals surface area contributed by atoms with Crippen molar-refractivity contribution in [1.82, 2.24) is 5.32 Å². The maximum Gasteiger partial charge on any atom is 0.243 e. The first-order chi connectivity index (χ1) is 13.5. The van der Waals surface area contributed by atoms with Crippen molar-refractivity contribution < 1.29 is 9.59 Å². The van der Waals surface area contributed by atoms with Crippen LogP contribution < -0.4 is 10.6 Å². The highest BCUT2D eigenvalue weighted by molar-refractivity contribution is 8.03. The molecule has 0 radical (unpaired) electrons. The molecule has 8 heteroatoms. The smallest absolute Gasteiger partial charge is 0.243 e. The monoisotopic (exact) mass is 414 g/mol. The normalized spacial score (nSPS) is 20.8. The molecule has 3 rings (SSSR count). The van der Waals surface area contributed by atoms with E-state index >= 15 is 0 Å². The Labute approximate surface area is 172 Å². The minimum absolute atomic E-state index is 0.0384. The number of halogens is 1. The van der Waals surface area contributed by atoms with Gasteiger partial charge >= 0.3 is 0 Å². The van der Waals surface area contributed by atoms with Crippen LogP contribution in [0.4, 0.5) is 5.69 Å². The predicted molar refractivity (Wildman–Crippen MR) is 108 cm³/mol. The van der Waals surface area contributed by atoms with E-state index in [2.05, 4.69) is 22.8 Å². The Hall–Kier alpha value is -2.48. The van der Waals surface area contributed by atoms with E-state index in [0.717, 1.165) is 31.0 Å². The van der Waals surface area contributed by atoms with Crippen LogP contribution in [0.25, 0.3) is 0 Å². The van der Waals surface area contributed by atoms with Gasteiger partial charge in [0.1, 0.15) is 5.92 Å². The summed E-state index contributed by atoms with van der Waals surface area (Å²) in [5.41, 5.74) is 0.312. The van der Waals surface area contributed by atoms with Gasteiger partial charge in [-0.25, -0.2) is 0 Å². The van der Waals surface area contributed by atoms with Crippen LogP contribution in [-0.4, -0.2) is 17.6 Å². The van der Waals surface area contributed by atoms with E-state index in [-0.39, 0.29) is 17.6 Å². The van der Waals surface area contributed by atoms with Gasteiger partial charge in [-0.15, -0.1) is 0 Å². The van der Waals surface area contributed by atoms with E-state index in [1.807, 2.05) is 0 Å². The predicted octanol–water partition coefficient (Wildman–Crippen LogP) is 3.97. The molecule has 0 unspecified atom stereocenters. The summed E-state index contributed by atoms with van der Waals surface area (Å²) in [5, 5.41) is 25.8. The van der Waals surface area contributed by atoms with E-state index in [1.54, 1.807) is 24.3 Å². The minimum atomic E-state index is -0.866. The maximum atomic E-state index is 12.5.